The highest BCUT2D eigenvalue weighted by Gasteiger charge is 2.29. The van der Waals surface area contributed by atoms with Gasteiger partial charge in [-0.3, -0.25) is 9.59 Å². The second-order valence-corrected chi connectivity index (χ2v) is 7.63. The van der Waals surface area contributed by atoms with Crippen molar-refractivity contribution in [3.8, 4) is 0 Å². The van der Waals surface area contributed by atoms with Crippen LogP contribution < -0.4 is 0 Å². The van der Waals surface area contributed by atoms with E-state index < -0.39 is 0 Å². The summed E-state index contributed by atoms with van der Waals surface area (Å²) in [6.07, 6.45) is 2.06. The first-order chi connectivity index (χ1) is 12.1. The predicted molar refractivity (Wildman–Crippen MR) is 99.6 cm³/mol. The van der Waals surface area contributed by atoms with Crippen LogP contribution in [0.25, 0.3) is 0 Å². The van der Waals surface area contributed by atoms with E-state index >= 15 is 0 Å². The van der Waals surface area contributed by atoms with Crippen molar-refractivity contribution in [1.82, 2.24) is 9.80 Å². The van der Waals surface area contributed by atoms with Crippen LogP contribution in [-0.4, -0.2) is 66.0 Å². The molecular weight excluding hydrogens is 336 g/mol. The van der Waals surface area contributed by atoms with Crippen molar-refractivity contribution in [2.75, 3.05) is 44.4 Å². The number of carbonyl (C=O) groups is 2. The number of rotatable bonds is 5. The zero-order chi connectivity index (χ0) is 17.6. The third kappa shape index (κ3) is 4.76. The van der Waals surface area contributed by atoms with Crippen molar-refractivity contribution >= 4 is 23.6 Å². The summed E-state index contributed by atoms with van der Waals surface area (Å²) in [5, 5.41) is 0. The Morgan fingerprint density at radius 1 is 1.16 bits per heavy atom. The summed E-state index contributed by atoms with van der Waals surface area (Å²) in [6.45, 7) is 5.44. The number of ether oxygens (including phenoxy) is 1. The Hall–Kier alpha value is -1.53. The van der Waals surface area contributed by atoms with E-state index in [1.165, 1.54) is 22.9 Å². The fourth-order valence-corrected chi connectivity index (χ4v) is 4.30. The molecule has 0 bridgehead atoms. The van der Waals surface area contributed by atoms with Gasteiger partial charge in [-0.05, 0) is 25.3 Å². The van der Waals surface area contributed by atoms with Gasteiger partial charge >= 0.3 is 0 Å². The number of amides is 2. The molecule has 1 aromatic carbocycles. The minimum Gasteiger partial charge on any atom is -0.378 e. The maximum absolute atomic E-state index is 12.6. The Bertz CT molecular complexity index is 616. The zero-order valence-corrected chi connectivity index (χ0v) is 15.6. The summed E-state index contributed by atoms with van der Waals surface area (Å²) in [6, 6.07) is 8.60. The lowest BCUT2D eigenvalue weighted by Gasteiger charge is -2.27. The van der Waals surface area contributed by atoms with Crippen molar-refractivity contribution in [2.45, 2.75) is 25.8 Å². The molecule has 3 rings (SSSR count). The van der Waals surface area contributed by atoms with Gasteiger partial charge < -0.3 is 14.5 Å². The number of nitrogens with zero attached hydrogens (tertiary/aromatic N) is 2. The summed E-state index contributed by atoms with van der Waals surface area (Å²) >= 11 is 1.43. The average Bonchev–Trinajstić information content (AvgIpc) is 3.12. The molecule has 2 saturated heterocycles. The molecule has 0 saturated carbocycles. The number of hydrogen-bond donors (Lipinski definition) is 0. The van der Waals surface area contributed by atoms with Crippen LogP contribution in [0.2, 0.25) is 0 Å². The second-order valence-electron chi connectivity index (χ2n) is 6.65. The van der Waals surface area contributed by atoms with E-state index in [9.17, 15) is 9.59 Å². The van der Waals surface area contributed by atoms with E-state index in [0.717, 1.165) is 19.4 Å². The summed E-state index contributed by atoms with van der Waals surface area (Å²) in [7, 11) is 0. The Labute approximate surface area is 153 Å². The highest BCUT2D eigenvalue weighted by atomic mass is 32.2. The molecule has 2 aliphatic heterocycles. The minimum absolute atomic E-state index is 0.109. The van der Waals surface area contributed by atoms with Crippen LogP contribution in [0.1, 0.15) is 30.0 Å². The van der Waals surface area contributed by atoms with Crippen LogP contribution in [0.5, 0.6) is 0 Å². The Morgan fingerprint density at radius 2 is 1.92 bits per heavy atom. The van der Waals surface area contributed by atoms with Gasteiger partial charge in [-0.15, -0.1) is 11.8 Å². The molecule has 0 spiro atoms. The number of benzene rings is 1. The first-order valence-electron chi connectivity index (χ1n) is 8.94. The topological polar surface area (TPSA) is 49.9 Å². The second kappa shape index (κ2) is 8.72. The van der Waals surface area contributed by atoms with Crippen LogP contribution in [0.4, 0.5) is 0 Å². The van der Waals surface area contributed by atoms with Gasteiger partial charge in [-0.25, -0.2) is 0 Å². The third-order valence-electron chi connectivity index (χ3n) is 4.81. The van der Waals surface area contributed by atoms with Gasteiger partial charge in [0.1, 0.15) is 0 Å². The van der Waals surface area contributed by atoms with E-state index in [1.54, 1.807) is 0 Å². The maximum Gasteiger partial charge on any atom is 0.233 e. The average molecular weight is 362 g/mol. The smallest absolute Gasteiger partial charge is 0.233 e. The van der Waals surface area contributed by atoms with E-state index in [-0.39, 0.29) is 17.9 Å². The SMILES string of the molecule is Cc1cccc(C2CCCN2C(=O)CSCC(=O)N2CCOCC2)c1. The van der Waals surface area contributed by atoms with Crippen LogP contribution in [-0.2, 0) is 14.3 Å². The van der Waals surface area contributed by atoms with Gasteiger partial charge in [0.2, 0.25) is 11.8 Å². The zero-order valence-electron chi connectivity index (χ0n) is 14.8. The minimum atomic E-state index is 0.109. The fraction of sp³-hybridized carbons (Fsp3) is 0.579. The standard InChI is InChI=1S/C19H26N2O3S/c1-15-4-2-5-16(12-15)17-6-3-7-21(17)19(23)14-25-13-18(22)20-8-10-24-11-9-20/h2,4-5,12,17H,3,6-11,13-14H2,1H3. The molecule has 2 amide bonds. The van der Waals surface area contributed by atoms with Gasteiger partial charge in [-0.2, -0.15) is 0 Å². The molecule has 2 heterocycles. The molecule has 136 valence electrons. The van der Waals surface area contributed by atoms with Gasteiger partial charge in [0.15, 0.2) is 0 Å². The lowest BCUT2D eigenvalue weighted by Crippen LogP contribution is -2.41. The summed E-state index contributed by atoms with van der Waals surface area (Å²) in [4.78, 5) is 28.6. The summed E-state index contributed by atoms with van der Waals surface area (Å²) in [5.74, 6) is 0.995. The number of morpholine rings is 1. The largest absolute Gasteiger partial charge is 0.378 e. The number of hydrogen-bond acceptors (Lipinski definition) is 4. The molecule has 1 aromatic rings. The molecular formula is C19H26N2O3S. The quantitative estimate of drug-likeness (QED) is 0.806. The van der Waals surface area contributed by atoms with Crippen LogP contribution in [0.15, 0.2) is 24.3 Å². The third-order valence-corrected chi connectivity index (χ3v) is 5.72. The molecule has 2 aliphatic rings. The van der Waals surface area contributed by atoms with Gasteiger partial charge in [0, 0.05) is 19.6 Å². The maximum atomic E-state index is 12.6. The lowest BCUT2D eigenvalue weighted by atomic mass is 10.0. The van der Waals surface area contributed by atoms with Crippen molar-refractivity contribution in [2.24, 2.45) is 0 Å². The molecule has 0 aromatic heterocycles. The highest BCUT2D eigenvalue weighted by molar-refractivity contribution is 8.00. The molecule has 6 heteroatoms. The van der Waals surface area contributed by atoms with Gasteiger partial charge in [0.05, 0.1) is 30.8 Å². The number of carbonyl (C=O) groups excluding carboxylic acids is 2. The first kappa shape index (κ1) is 18.3. The number of aryl methyl sites for hydroxylation is 1. The lowest BCUT2D eigenvalue weighted by molar-refractivity contribution is -0.132. The fourth-order valence-electron chi connectivity index (χ4n) is 3.50. The van der Waals surface area contributed by atoms with Crippen molar-refractivity contribution in [3.63, 3.8) is 0 Å². The van der Waals surface area contributed by atoms with Crippen molar-refractivity contribution in [1.29, 1.82) is 0 Å². The molecule has 0 aliphatic carbocycles. The molecule has 0 N–H and O–H groups in total. The van der Waals surface area contributed by atoms with Crippen LogP contribution in [0, 0.1) is 6.92 Å². The van der Waals surface area contributed by atoms with E-state index in [4.69, 9.17) is 4.74 Å². The number of likely N-dealkylation sites (tertiary alicyclic amines) is 1. The van der Waals surface area contributed by atoms with Gasteiger partial charge in [0.25, 0.3) is 0 Å². The van der Waals surface area contributed by atoms with Crippen LogP contribution >= 0.6 is 11.8 Å². The summed E-state index contributed by atoms with van der Waals surface area (Å²) < 4.78 is 5.26. The van der Waals surface area contributed by atoms with E-state index in [0.29, 0.717) is 37.8 Å². The van der Waals surface area contributed by atoms with E-state index in [2.05, 4.69) is 31.2 Å². The molecule has 2 fully saturated rings. The number of thioether (sulfide) groups is 1. The molecule has 0 radical (unpaired) electrons. The van der Waals surface area contributed by atoms with Crippen LogP contribution in [0.3, 0.4) is 0 Å². The highest BCUT2D eigenvalue weighted by Crippen LogP contribution is 2.32. The van der Waals surface area contributed by atoms with Crippen molar-refractivity contribution < 1.29 is 14.3 Å². The molecule has 1 atom stereocenters. The Morgan fingerprint density at radius 3 is 2.68 bits per heavy atom. The first-order valence-corrected chi connectivity index (χ1v) is 10.1. The Kier molecular flexibility index (Phi) is 6.37. The Balaban J connectivity index is 1.49. The van der Waals surface area contributed by atoms with Gasteiger partial charge in [-0.1, -0.05) is 29.8 Å². The van der Waals surface area contributed by atoms with E-state index in [1.807, 2.05) is 9.80 Å². The normalized spacial score (nSPS) is 20.8. The molecule has 5 nitrogen and oxygen atoms in total. The predicted octanol–water partition coefficient (Wildman–Crippen LogP) is 2.25. The molecule has 1 unspecified atom stereocenters. The van der Waals surface area contributed by atoms with Crippen molar-refractivity contribution in [3.05, 3.63) is 35.4 Å². The molecule has 25 heavy (non-hydrogen) atoms. The summed E-state index contributed by atoms with van der Waals surface area (Å²) in [5.41, 5.74) is 2.45. The monoisotopic (exact) mass is 362 g/mol.